The number of nitrogens with two attached hydrogens (primary N) is 1. The van der Waals surface area contributed by atoms with Gasteiger partial charge in [-0.1, -0.05) is 0 Å². The van der Waals surface area contributed by atoms with E-state index in [4.69, 9.17) is 15.2 Å². The number of methoxy groups -OCH3 is 1. The van der Waals surface area contributed by atoms with Gasteiger partial charge in [-0.2, -0.15) is 4.98 Å². The van der Waals surface area contributed by atoms with E-state index in [1.54, 1.807) is 7.11 Å². The van der Waals surface area contributed by atoms with E-state index in [2.05, 4.69) is 14.9 Å². The second-order valence-corrected chi connectivity index (χ2v) is 7.00. The van der Waals surface area contributed by atoms with E-state index in [0.717, 1.165) is 54.2 Å². The molecule has 0 unspecified atom stereocenters. The molecule has 2 heterocycles. The lowest BCUT2D eigenvalue weighted by Crippen LogP contribution is -2.30. The van der Waals surface area contributed by atoms with Crippen LogP contribution in [0.3, 0.4) is 0 Å². The second-order valence-electron chi connectivity index (χ2n) is 7.00. The summed E-state index contributed by atoms with van der Waals surface area (Å²) in [5.41, 5.74) is 6.82. The van der Waals surface area contributed by atoms with Gasteiger partial charge in [-0.3, -0.25) is 0 Å². The maximum absolute atomic E-state index is 6.19. The zero-order chi connectivity index (χ0) is 17.2. The number of fused-ring (bicyclic) bond motifs is 1. The van der Waals surface area contributed by atoms with Gasteiger partial charge in [-0.05, 0) is 51.0 Å². The molecule has 4 rings (SSSR count). The Morgan fingerprint density at radius 1 is 1.00 bits per heavy atom. The van der Waals surface area contributed by atoms with Gasteiger partial charge in [0.05, 0.1) is 18.7 Å². The molecule has 25 heavy (non-hydrogen) atoms. The van der Waals surface area contributed by atoms with Gasteiger partial charge in [0, 0.05) is 24.5 Å². The van der Waals surface area contributed by atoms with Crippen molar-refractivity contribution in [3.05, 3.63) is 12.1 Å². The zero-order valence-corrected chi connectivity index (χ0v) is 14.8. The first kappa shape index (κ1) is 16.2. The summed E-state index contributed by atoms with van der Waals surface area (Å²) < 4.78 is 11.8. The van der Waals surface area contributed by atoms with Gasteiger partial charge in [-0.15, -0.1) is 0 Å². The topological polar surface area (TPSA) is 73.5 Å². The summed E-state index contributed by atoms with van der Waals surface area (Å²) >= 11 is 0. The van der Waals surface area contributed by atoms with Crippen LogP contribution in [0.15, 0.2) is 12.1 Å². The van der Waals surface area contributed by atoms with E-state index < -0.39 is 0 Å². The normalized spacial score (nSPS) is 18.7. The fourth-order valence-corrected chi connectivity index (χ4v) is 3.92. The van der Waals surface area contributed by atoms with Crippen molar-refractivity contribution in [3.63, 3.8) is 0 Å². The Kier molecular flexibility index (Phi) is 4.51. The van der Waals surface area contributed by atoms with E-state index >= 15 is 0 Å². The molecule has 0 amide bonds. The van der Waals surface area contributed by atoms with Crippen LogP contribution in [0, 0.1) is 0 Å². The minimum absolute atomic E-state index is 0.270. The second kappa shape index (κ2) is 6.94. The van der Waals surface area contributed by atoms with Crippen molar-refractivity contribution >= 4 is 22.7 Å². The minimum atomic E-state index is 0.270. The van der Waals surface area contributed by atoms with Crippen molar-refractivity contribution in [1.29, 1.82) is 0 Å². The van der Waals surface area contributed by atoms with Crippen LogP contribution in [0.25, 0.3) is 10.9 Å². The number of piperidine rings is 1. The number of hydrogen-bond acceptors (Lipinski definition) is 6. The summed E-state index contributed by atoms with van der Waals surface area (Å²) in [6.07, 6.45) is 8.59. The molecular weight excluding hydrogens is 316 g/mol. The smallest absolute Gasteiger partial charge is 0.222 e. The first-order chi connectivity index (χ1) is 12.2. The number of nitrogen functional groups attached to an aromatic ring is 1. The summed E-state index contributed by atoms with van der Waals surface area (Å²) in [4.78, 5) is 11.3. The number of nitrogens with zero attached hydrogens (tertiary/aromatic N) is 3. The molecule has 0 radical (unpaired) electrons. The van der Waals surface area contributed by atoms with Gasteiger partial charge in [0.2, 0.25) is 5.95 Å². The van der Waals surface area contributed by atoms with Gasteiger partial charge < -0.3 is 20.1 Å². The van der Waals surface area contributed by atoms with Crippen molar-refractivity contribution in [2.45, 2.75) is 51.0 Å². The maximum Gasteiger partial charge on any atom is 0.222 e. The molecule has 0 atom stereocenters. The molecule has 0 spiro atoms. The van der Waals surface area contributed by atoms with Crippen LogP contribution in [0.2, 0.25) is 0 Å². The lowest BCUT2D eigenvalue weighted by atomic mass is 10.1. The highest BCUT2D eigenvalue weighted by molar-refractivity contribution is 5.93. The standard InChI is InChI=1S/C19H26N4O2/c1-24-16-11-14-15(12-17(16)25-13-7-3-4-8-13)21-19(20)22-18(14)23-9-5-2-6-10-23/h11-13H,2-10H2,1H3,(H2,20,21,22). The molecule has 1 aliphatic heterocycles. The number of rotatable bonds is 4. The fourth-order valence-electron chi connectivity index (χ4n) is 3.92. The molecule has 2 fully saturated rings. The van der Waals surface area contributed by atoms with E-state index in [1.165, 1.54) is 32.1 Å². The molecule has 1 saturated heterocycles. The lowest BCUT2D eigenvalue weighted by molar-refractivity contribution is 0.201. The molecule has 1 aromatic heterocycles. The summed E-state index contributed by atoms with van der Waals surface area (Å²) in [7, 11) is 1.68. The number of anilines is 2. The predicted octanol–water partition coefficient (Wildman–Crippen LogP) is 3.53. The Morgan fingerprint density at radius 3 is 2.48 bits per heavy atom. The Hall–Kier alpha value is -2.24. The Bertz CT molecular complexity index is 753. The highest BCUT2D eigenvalue weighted by Crippen LogP contribution is 2.38. The maximum atomic E-state index is 6.19. The Morgan fingerprint density at radius 2 is 1.76 bits per heavy atom. The number of benzene rings is 1. The van der Waals surface area contributed by atoms with Crippen LogP contribution in [0.1, 0.15) is 44.9 Å². The van der Waals surface area contributed by atoms with Crippen LogP contribution in [0.4, 0.5) is 11.8 Å². The Balaban J connectivity index is 1.76. The number of aromatic nitrogens is 2. The molecule has 6 heteroatoms. The average Bonchev–Trinajstić information content (AvgIpc) is 3.14. The molecule has 2 N–H and O–H groups in total. The first-order valence-corrected chi connectivity index (χ1v) is 9.31. The predicted molar refractivity (Wildman–Crippen MR) is 99.5 cm³/mol. The molecule has 1 aromatic carbocycles. The van der Waals surface area contributed by atoms with Crippen molar-refractivity contribution in [3.8, 4) is 11.5 Å². The third-order valence-corrected chi connectivity index (χ3v) is 5.23. The van der Waals surface area contributed by atoms with Gasteiger partial charge in [0.1, 0.15) is 5.82 Å². The number of ether oxygens (including phenoxy) is 2. The van der Waals surface area contributed by atoms with E-state index in [0.29, 0.717) is 5.95 Å². The average molecular weight is 342 g/mol. The quantitative estimate of drug-likeness (QED) is 0.916. The first-order valence-electron chi connectivity index (χ1n) is 9.31. The van der Waals surface area contributed by atoms with Gasteiger partial charge in [0.25, 0.3) is 0 Å². The highest BCUT2D eigenvalue weighted by Gasteiger charge is 2.22. The summed E-state index contributed by atoms with van der Waals surface area (Å²) in [6, 6.07) is 3.96. The summed E-state index contributed by atoms with van der Waals surface area (Å²) in [5, 5.41) is 0.978. The molecule has 1 aliphatic carbocycles. The number of hydrogen-bond donors (Lipinski definition) is 1. The van der Waals surface area contributed by atoms with Crippen LogP contribution in [-0.2, 0) is 0 Å². The van der Waals surface area contributed by atoms with Crippen LogP contribution >= 0.6 is 0 Å². The third-order valence-electron chi connectivity index (χ3n) is 5.23. The van der Waals surface area contributed by atoms with E-state index in [1.807, 2.05) is 12.1 Å². The van der Waals surface area contributed by atoms with E-state index in [-0.39, 0.29) is 6.10 Å². The third kappa shape index (κ3) is 3.30. The van der Waals surface area contributed by atoms with Gasteiger partial charge in [0.15, 0.2) is 11.5 Å². The van der Waals surface area contributed by atoms with Crippen molar-refractivity contribution in [2.75, 3.05) is 30.8 Å². The molecule has 134 valence electrons. The molecule has 0 bridgehead atoms. The van der Waals surface area contributed by atoms with Crippen molar-refractivity contribution < 1.29 is 9.47 Å². The molecule has 6 nitrogen and oxygen atoms in total. The minimum Gasteiger partial charge on any atom is -0.493 e. The lowest BCUT2D eigenvalue weighted by Gasteiger charge is -2.29. The van der Waals surface area contributed by atoms with Crippen LogP contribution < -0.4 is 20.1 Å². The summed E-state index contributed by atoms with van der Waals surface area (Å²) in [6.45, 7) is 2.02. The monoisotopic (exact) mass is 342 g/mol. The SMILES string of the molecule is COc1cc2c(N3CCCCC3)nc(N)nc2cc1OC1CCCC1. The van der Waals surface area contributed by atoms with E-state index in [9.17, 15) is 0 Å². The largest absolute Gasteiger partial charge is 0.493 e. The van der Waals surface area contributed by atoms with Crippen molar-refractivity contribution in [1.82, 2.24) is 9.97 Å². The van der Waals surface area contributed by atoms with Crippen LogP contribution in [-0.4, -0.2) is 36.3 Å². The summed E-state index contributed by atoms with van der Waals surface area (Å²) in [5.74, 6) is 2.72. The molecule has 2 aromatic rings. The zero-order valence-electron chi connectivity index (χ0n) is 14.8. The Labute approximate surface area is 148 Å². The van der Waals surface area contributed by atoms with Gasteiger partial charge >= 0.3 is 0 Å². The van der Waals surface area contributed by atoms with Gasteiger partial charge in [-0.25, -0.2) is 4.98 Å². The molecule has 1 saturated carbocycles. The van der Waals surface area contributed by atoms with Crippen LogP contribution in [0.5, 0.6) is 11.5 Å². The molecular formula is C19H26N4O2. The van der Waals surface area contributed by atoms with Crippen molar-refractivity contribution in [2.24, 2.45) is 0 Å². The fraction of sp³-hybridized carbons (Fsp3) is 0.579. The molecule has 2 aliphatic rings. The highest BCUT2D eigenvalue weighted by atomic mass is 16.5.